The van der Waals surface area contributed by atoms with Crippen LogP contribution in [0.3, 0.4) is 0 Å². The zero-order chi connectivity index (χ0) is 68.8. The lowest BCUT2D eigenvalue weighted by atomic mass is 9.58. The smallest absolute Gasteiger partial charge is 0.223 e. The second-order valence-corrected chi connectivity index (χ2v) is 33.4. The molecule has 0 aliphatic heterocycles. The van der Waals surface area contributed by atoms with Gasteiger partial charge in [0, 0.05) is 87.1 Å². The number of benzene rings is 4. The van der Waals surface area contributed by atoms with Crippen LogP contribution in [-0.2, 0) is 25.7 Å². The molecule has 4 aromatic carbocycles. The molecule has 0 heterocycles. The molecule has 0 aromatic heterocycles. The third-order valence-corrected chi connectivity index (χ3v) is 31.1. The van der Waals surface area contributed by atoms with Gasteiger partial charge in [0.1, 0.15) is 0 Å². The summed E-state index contributed by atoms with van der Waals surface area (Å²) in [7, 11) is 0. The maximum atomic E-state index is 11.7. The summed E-state index contributed by atoms with van der Waals surface area (Å²) in [6, 6.07) is 29.6. The first-order valence-electron chi connectivity index (χ1n) is 32.6. The van der Waals surface area contributed by atoms with Crippen molar-refractivity contribution in [1.29, 1.82) is 0 Å². The maximum Gasteiger partial charge on any atom is 0.223 e. The van der Waals surface area contributed by atoms with Crippen molar-refractivity contribution in [3.05, 3.63) is 224 Å². The van der Waals surface area contributed by atoms with E-state index in [2.05, 4.69) is 138 Å². The van der Waals surface area contributed by atoms with Gasteiger partial charge >= 0.3 is 0 Å². The lowest BCUT2D eigenvalue weighted by Crippen LogP contribution is -2.45. The van der Waals surface area contributed by atoms with Crippen molar-refractivity contribution in [2.45, 2.75) is 214 Å². The van der Waals surface area contributed by atoms with E-state index in [-0.39, 0.29) is 63.0 Å². The normalized spacial score (nSPS) is 39.1. The molecule has 0 saturated heterocycles. The van der Waals surface area contributed by atoms with Crippen molar-refractivity contribution in [3.63, 3.8) is 0 Å². The van der Waals surface area contributed by atoms with Gasteiger partial charge in [-0.15, -0.1) is 0 Å². The predicted octanol–water partition coefficient (Wildman–Crippen LogP) is 21.2. The summed E-state index contributed by atoms with van der Waals surface area (Å²) in [5, 5.41) is 49.9. The first-order valence-corrected chi connectivity index (χ1v) is 34.1. The molecule has 16 heteroatoms. The van der Waals surface area contributed by atoms with Gasteiger partial charge in [-0.25, -0.2) is 0 Å². The number of fused-ring (bicyclic) bond motifs is 8. The molecule has 92 heavy (non-hydrogen) atoms. The zero-order valence-corrected chi connectivity index (χ0v) is 60.8. The van der Waals surface area contributed by atoms with Crippen LogP contribution < -0.4 is 0 Å². The Morgan fingerprint density at radius 3 is 0.565 bits per heavy atom. The monoisotopic (exact) mass is 1330 g/mol. The van der Waals surface area contributed by atoms with Crippen molar-refractivity contribution < 1.29 is 19.7 Å². The largest absolute Gasteiger partial charge is 0.264 e. The SMILES string of the molecule is CC1=C(C)[C@]2(C)[C@H]([N+](=O)[O-])C[C@@]1(C)[C@]2(C)Cc1ccc(Cl)cc1.CC1=C(C)[C@]2(C)[C@H]([N+](=O)[O-])C[C@@]1(C)[C@]2(C)Cc1ccc(Cl)cc1.CC1=C(C)[C@]2(C)[C@H]([N+](=O)[O-])C[C@@]1(C)[C@]2(C)Cc1ccc(Cl)cc1.CC1=C(C)[C@]2(C)[C@H]([N+](=O)[O-])C[C@@]1(C)[C@]2(C)Cc1ccc(Cl)cc1. The summed E-state index contributed by atoms with van der Waals surface area (Å²) in [6.45, 7) is 43.3. The van der Waals surface area contributed by atoms with Crippen LogP contribution in [0.5, 0.6) is 0 Å². The summed E-state index contributed by atoms with van der Waals surface area (Å²) >= 11 is 24.0. The van der Waals surface area contributed by atoms with Gasteiger partial charge in [-0.1, -0.05) is 195 Å². The highest BCUT2D eigenvalue weighted by Crippen LogP contribution is 2.79. The minimum absolute atomic E-state index is 0.0543. The molecule has 16 atom stereocenters. The number of hydrogen-bond donors (Lipinski definition) is 0. The number of hydrogen-bond acceptors (Lipinski definition) is 8. The topological polar surface area (TPSA) is 173 Å². The Labute approximate surface area is 566 Å². The molecule has 0 N–H and O–H groups in total. The minimum atomic E-state index is -0.506. The van der Waals surface area contributed by atoms with E-state index in [0.717, 1.165) is 45.8 Å². The van der Waals surface area contributed by atoms with Crippen molar-refractivity contribution >= 4 is 46.4 Å². The molecule has 0 unspecified atom stereocenters. The standard InChI is InChI=1S/4C19H24ClNO2/c4*1-12-13(2)19(5)16(21(22)23)11-17(12,3)18(19,4)10-14-6-8-15(20)9-7-14/h4*6-9,16H,10-11H2,1-5H3/t4*16-,17-,18+,19-/m1111/s1. The molecule has 4 fully saturated rings. The maximum absolute atomic E-state index is 11.7. The minimum Gasteiger partial charge on any atom is -0.264 e. The third-order valence-electron chi connectivity index (χ3n) is 30.1. The number of rotatable bonds is 12. The molecule has 8 aliphatic rings. The van der Waals surface area contributed by atoms with E-state index in [9.17, 15) is 40.5 Å². The van der Waals surface area contributed by atoms with E-state index >= 15 is 0 Å². The lowest BCUT2D eigenvalue weighted by Gasteiger charge is -2.43. The first kappa shape index (κ1) is 70.9. The number of halogens is 4. The average Bonchev–Trinajstić information content (AvgIpc) is 1.53. The highest BCUT2D eigenvalue weighted by molar-refractivity contribution is 6.31. The van der Waals surface area contributed by atoms with Gasteiger partial charge in [0.05, 0.1) is 21.7 Å². The Balaban J connectivity index is 0.000000145. The predicted molar refractivity (Wildman–Crippen MR) is 373 cm³/mol. The van der Waals surface area contributed by atoms with Gasteiger partial charge in [-0.3, -0.25) is 40.5 Å². The van der Waals surface area contributed by atoms with Gasteiger partial charge in [0.15, 0.2) is 0 Å². The van der Waals surface area contributed by atoms with Gasteiger partial charge in [-0.2, -0.15) is 0 Å². The molecule has 0 amide bonds. The summed E-state index contributed by atoms with van der Waals surface area (Å²) in [4.78, 5) is 46.7. The molecule has 8 aliphatic carbocycles. The molecular formula is C76H96Cl4N4O8. The fourth-order valence-electron chi connectivity index (χ4n) is 21.9. The highest BCUT2D eigenvalue weighted by Gasteiger charge is 2.79. The number of nitrogens with zero attached hydrogens (tertiary/aromatic N) is 4. The van der Waals surface area contributed by atoms with Crippen molar-refractivity contribution in [1.82, 2.24) is 0 Å². The molecule has 4 aromatic rings. The van der Waals surface area contributed by atoms with Gasteiger partial charge < -0.3 is 0 Å². The van der Waals surface area contributed by atoms with Crippen LogP contribution in [0, 0.1) is 105 Å². The molecule has 0 radical (unpaired) electrons. The number of allylic oxidation sites excluding steroid dienone is 4. The third kappa shape index (κ3) is 9.42. The van der Waals surface area contributed by atoms with Crippen molar-refractivity contribution in [2.24, 2.45) is 65.0 Å². The molecule has 496 valence electrons. The quantitative estimate of drug-likeness (QED) is 0.0766. The van der Waals surface area contributed by atoms with E-state index in [1.54, 1.807) is 0 Å². The van der Waals surface area contributed by atoms with E-state index < -0.39 is 45.8 Å². The van der Waals surface area contributed by atoms with Gasteiger partial charge in [-0.05, 0) is 201 Å². The van der Waals surface area contributed by atoms with Crippen molar-refractivity contribution in [2.75, 3.05) is 0 Å². The van der Waals surface area contributed by atoms with Crippen LogP contribution >= 0.6 is 46.4 Å². The number of nitro groups is 4. The second-order valence-electron chi connectivity index (χ2n) is 31.7. The molecular weight excluding hydrogens is 1240 g/mol. The van der Waals surface area contributed by atoms with Gasteiger partial charge in [0.25, 0.3) is 0 Å². The van der Waals surface area contributed by atoms with E-state index in [1.807, 2.05) is 97.1 Å². The van der Waals surface area contributed by atoms with E-state index in [0.29, 0.717) is 25.7 Å². The molecule has 12 rings (SSSR count). The summed E-state index contributed by atoms with van der Waals surface area (Å²) < 4.78 is 0. The van der Waals surface area contributed by atoms with E-state index in [4.69, 9.17) is 46.4 Å². The molecule has 4 saturated carbocycles. The first-order chi connectivity index (χ1) is 42.3. The highest BCUT2D eigenvalue weighted by atomic mass is 35.5. The molecule has 8 bridgehead atoms. The summed E-state index contributed by atoms with van der Waals surface area (Å²) in [6.07, 6.45) is 5.83. The Kier molecular flexibility index (Phi) is 17.9. The second kappa shape index (κ2) is 23.2. The fourth-order valence-corrected chi connectivity index (χ4v) is 22.4. The Hall–Kier alpha value is -5.40. The fraction of sp³-hybridized carbons (Fsp3) is 0.579. The van der Waals surface area contributed by atoms with Gasteiger partial charge in [0.2, 0.25) is 24.2 Å². The van der Waals surface area contributed by atoms with E-state index in [1.165, 1.54) is 66.8 Å². The van der Waals surface area contributed by atoms with Crippen LogP contribution in [0.1, 0.15) is 186 Å². The zero-order valence-electron chi connectivity index (χ0n) is 57.8. The molecule has 0 spiro atoms. The van der Waals surface area contributed by atoms with Crippen LogP contribution in [0.15, 0.2) is 142 Å². The molecule has 12 nitrogen and oxygen atoms in total. The lowest BCUT2D eigenvalue weighted by molar-refractivity contribution is -0.538. The van der Waals surface area contributed by atoms with Crippen LogP contribution in [-0.4, -0.2) is 43.9 Å². The Morgan fingerprint density at radius 2 is 0.435 bits per heavy atom. The van der Waals surface area contributed by atoms with Crippen LogP contribution in [0.25, 0.3) is 0 Å². The van der Waals surface area contributed by atoms with Crippen LogP contribution in [0.4, 0.5) is 0 Å². The Bertz CT molecular complexity index is 3340. The summed E-state index contributed by atoms with van der Waals surface area (Å²) in [5.41, 5.74) is 12.2. The van der Waals surface area contributed by atoms with Crippen LogP contribution in [0.2, 0.25) is 20.1 Å². The average molecular weight is 1340 g/mol. The Morgan fingerprint density at radius 1 is 0.293 bits per heavy atom. The summed E-state index contributed by atoms with van der Waals surface area (Å²) in [5.74, 6) is 0. The van der Waals surface area contributed by atoms with Crippen molar-refractivity contribution in [3.8, 4) is 0 Å².